The van der Waals surface area contributed by atoms with E-state index in [9.17, 15) is 14.7 Å². The van der Waals surface area contributed by atoms with Crippen LogP contribution in [-0.4, -0.2) is 16.9 Å². The lowest BCUT2D eigenvalue weighted by Gasteiger charge is -2.31. The normalized spacial score (nSPS) is 12.6. The van der Waals surface area contributed by atoms with Gasteiger partial charge in [0.2, 0.25) is 0 Å². The Hall–Kier alpha value is -3.44. The van der Waals surface area contributed by atoms with Gasteiger partial charge in [-0.25, -0.2) is 5.01 Å². The fraction of sp³-hybridized carbons (Fsp3) is 0.167. The Bertz CT molecular complexity index is 946. The van der Waals surface area contributed by atoms with Crippen LogP contribution in [0.1, 0.15) is 35.7 Å². The third-order valence-electron chi connectivity index (χ3n) is 4.69. The second kappa shape index (κ2) is 9.17. The van der Waals surface area contributed by atoms with Crippen LogP contribution in [-0.2, 0) is 10.4 Å². The van der Waals surface area contributed by atoms with Crippen molar-refractivity contribution in [3.8, 4) is 0 Å². The average molecular weight is 388 g/mol. The van der Waals surface area contributed by atoms with Gasteiger partial charge < -0.3 is 5.11 Å². The molecule has 0 unspecified atom stereocenters. The van der Waals surface area contributed by atoms with E-state index in [-0.39, 0.29) is 6.42 Å². The molecule has 0 aliphatic heterocycles. The van der Waals surface area contributed by atoms with Gasteiger partial charge >= 0.3 is 0 Å². The van der Waals surface area contributed by atoms with Gasteiger partial charge in [0, 0.05) is 5.56 Å². The second-order valence-electron chi connectivity index (χ2n) is 6.76. The van der Waals surface area contributed by atoms with E-state index in [4.69, 9.17) is 0 Å². The number of para-hydroxylation sites is 1. The van der Waals surface area contributed by atoms with Gasteiger partial charge in [0.15, 0.2) is 5.60 Å². The SMILES string of the molecule is CCC[C@@](O)(C(=O)NN(C(=O)c1ccccc1)c1ccccc1)c1ccccc1. The molecule has 2 N–H and O–H groups in total. The summed E-state index contributed by atoms with van der Waals surface area (Å²) in [5.41, 5.74) is 2.31. The van der Waals surface area contributed by atoms with E-state index in [0.717, 1.165) is 0 Å². The summed E-state index contributed by atoms with van der Waals surface area (Å²) in [7, 11) is 0. The van der Waals surface area contributed by atoms with Gasteiger partial charge in [-0.1, -0.05) is 80.1 Å². The van der Waals surface area contributed by atoms with Crippen molar-refractivity contribution >= 4 is 17.5 Å². The first-order valence-corrected chi connectivity index (χ1v) is 9.60. The van der Waals surface area contributed by atoms with Crippen LogP contribution in [0, 0.1) is 0 Å². The number of rotatable bonds is 6. The molecule has 3 aromatic carbocycles. The van der Waals surface area contributed by atoms with Crippen LogP contribution in [0.15, 0.2) is 91.0 Å². The molecule has 3 aromatic rings. The van der Waals surface area contributed by atoms with E-state index in [2.05, 4.69) is 5.43 Å². The molecule has 0 aliphatic rings. The molecular weight excluding hydrogens is 364 g/mol. The maximum absolute atomic E-state index is 13.2. The fourth-order valence-electron chi connectivity index (χ4n) is 3.18. The van der Waals surface area contributed by atoms with Crippen LogP contribution in [0.25, 0.3) is 0 Å². The molecule has 0 heterocycles. The van der Waals surface area contributed by atoms with Crippen molar-refractivity contribution in [2.75, 3.05) is 5.01 Å². The zero-order chi connectivity index (χ0) is 20.7. The highest BCUT2D eigenvalue weighted by atomic mass is 16.3. The lowest BCUT2D eigenvalue weighted by molar-refractivity contribution is -0.141. The summed E-state index contributed by atoms with van der Waals surface area (Å²) in [4.78, 5) is 26.4. The summed E-state index contributed by atoms with van der Waals surface area (Å²) < 4.78 is 0. The van der Waals surface area contributed by atoms with E-state index in [1.165, 1.54) is 5.01 Å². The highest BCUT2D eigenvalue weighted by Gasteiger charge is 2.38. The van der Waals surface area contributed by atoms with Crippen molar-refractivity contribution in [1.29, 1.82) is 0 Å². The molecule has 29 heavy (non-hydrogen) atoms. The van der Waals surface area contributed by atoms with Crippen LogP contribution < -0.4 is 10.4 Å². The average Bonchev–Trinajstić information content (AvgIpc) is 2.78. The van der Waals surface area contributed by atoms with Gasteiger partial charge in [-0.2, -0.15) is 0 Å². The van der Waals surface area contributed by atoms with Crippen LogP contribution in [0.3, 0.4) is 0 Å². The van der Waals surface area contributed by atoms with E-state index in [1.807, 2.05) is 25.1 Å². The molecule has 5 heteroatoms. The largest absolute Gasteiger partial charge is 0.375 e. The highest BCUT2D eigenvalue weighted by molar-refractivity contribution is 6.07. The first-order chi connectivity index (χ1) is 14.1. The number of nitrogens with one attached hydrogen (secondary N) is 1. The second-order valence-corrected chi connectivity index (χ2v) is 6.76. The minimum Gasteiger partial charge on any atom is -0.375 e. The zero-order valence-electron chi connectivity index (χ0n) is 16.3. The molecule has 0 bridgehead atoms. The first kappa shape index (κ1) is 20.3. The molecule has 148 valence electrons. The number of carbonyl (C=O) groups is 2. The van der Waals surface area contributed by atoms with E-state index >= 15 is 0 Å². The number of hydrazine groups is 1. The van der Waals surface area contributed by atoms with Crippen LogP contribution >= 0.6 is 0 Å². The summed E-state index contributed by atoms with van der Waals surface area (Å²) in [6.07, 6.45) is 0.821. The number of amides is 2. The first-order valence-electron chi connectivity index (χ1n) is 9.60. The molecule has 1 atom stereocenters. The summed E-state index contributed by atoms with van der Waals surface area (Å²) >= 11 is 0. The molecule has 0 radical (unpaired) electrons. The van der Waals surface area contributed by atoms with Crippen LogP contribution in [0.4, 0.5) is 5.69 Å². The number of benzene rings is 3. The molecule has 5 nitrogen and oxygen atoms in total. The fourth-order valence-corrected chi connectivity index (χ4v) is 3.18. The van der Waals surface area contributed by atoms with Crippen molar-refractivity contribution in [1.82, 2.24) is 5.43 Å². The van der Waals surface area contributed by atoms with E-state index in [1.54, 1.807) is 72.8 Å². The predicted molar refractivity (Wildman–Crippen MR) is 113 cm³/mol. The third kappa shape index (κ3) is 4.52. The molecule has 0 spiro atoms. The van der Waals surface area contributed by atoms with Gasteiger partial charge in [-0.15, -0.1) is 0 Å². The summed E-state index contributed by atoms with van der Waals surface area (Å²) in [5, 5.41) is 12.4. The molecule has 0 saturated heterocycles. The number of aliphatic hydroxyl groups is 1. The monoisotopic (exact) mass is 388 g/mol. The molecular formula is C24H24N2O3. The Balaban J connectivity index is 1.96. The predicted octanol–water partition coefficient (Wildman–Crippen LogP) is 4.05. The van der Waals surface area contributed by atoms with Crippen molar-refractivity contribution < 1.29 is 14.7 Å². The molecule has 0 aromatic heterocycles. The minimum absolute atomic E-state index is 0.227. The summed E-state index contributed by atoms with van der Waals surface area (Å²) in [6.45, 7) is 1.89. The van der Waals surface area contributed by atoms with Crippen molar-refractivity contribution in [2.45, 2.75) is 25.4 Å². The van der Waals surface area contributed by atoms with Gasteiger partial charge in [-0.3, -0.25) is 15.0 Å². The third-order valence-corrected chi connectivity index (χ3v) is 4.69. The topological polar surface area (TPSA) is 69.6 Å². The standard InChI is InChI=1S/C24H24N2O3/c1-2-18-24(29,20-14-8-4-9-15-20)23(28)25-26(21-16-10-5-11-17-21)22(27)19-12-6-3-7-13-19/h3-17,29H,2,18H2,1H3,(H,25,28)/t24-/m0/s1. The van der Waals surface area contributed by atoms with Crippen LogP contribution in [0.2, 0.25) is 0 Å². The number of nitrogens with zero attached hydrogens (tertiary/aromatic N) is 1. The lowest BCUT2D eigenvalue weighted by Crippen LogP contribution is -2.54. The molecule has 2 amide bonds. The Labute approximate surface area is 170 Å². The maximum atomic E-state index is 13.2. The summed E-state index contributed by atoms with van der Waals surface area (Å²) in [5.74, 6) is -1.05. The Morgan fingerprint density at radius 1 is 0.862 bits per heavy atom. The van der Waals surface area contributed by atoms with Crippen molar-refractivity contribution in [3.63, 3.8) is 0 Å². The van der Waals surface area contributed by atoms with Gasteiger partial charge in [0.1, 0.15) is 0 Å². The quantitative estimate of drug-likeness (QED) is 0.626. The maximum Gasteiger partial charge on any atom is 0.277 e. The minimum atomic E-state index is -1.75. The molecule has 3 rings (SSSR count). The molecule has 0 aliphatic carbocycles. The van der Waals surface area contributed by atoms with Crippen LogP contribution in [0.5, 0.6) is 0 Å². The van der Waals surface area contributed by atoms with Gasteiger partial charge in [0.25, 0.3) is 11.8 Å². The van der Waals surface area contributed by atoms with Gasteiger partial charge in [-0.05, 0) is 36.2 Å². The smallest absolute Gasteiger partial charge is 0.277 e. The Morgan fingerprint density at radius 2 is 1.38 bits per heavy atom. The Morgan fingerprint density at radius 3 is 1.93 bits per heavy atom. The number of hydrogen-bond donors (Lipinski definition) is 2. The highest BCUT2D eigenvalue weighted by Crippen LogP contribution is 2.27. The Kier molecular flexibility index (Phi) is 6.42. The van der Waals surface area contributed by atoms with Crippen molar-refractivity contribution in [2.24, 2.45) is 0 Å². The van der Waals surface area contributed by atoms with Gasteiger partial charge in [0.05, 0.1) is 5.69 Å². The zero-order valence-corrected chi connectivity index (χ0v) is 16.3. The lowest BCUT2D eigenvalue weighted by atomic mass is 9.88. The molecule has 0 saturated carbocycles. The van der Waals surface area contributed by atoms with E-state index < -0.39 is 17.4 Å². The summed E-state index contributed by atoms with van der Waals surface area (Å²) in [6, 6.07) is 26.3. The molecule has 0 fully saturated rings. The number of carbonyl (C=O) groups excluding carboxylic acids is 2. The van der Waals surface area contributed by atoms with E-state index in [0.29, 0.717) is 23.2 Å². The number of hydrogen-bond acceptors (Lipinski definition) is 3. The van der Waals surface area contributed by atoms with Crippen molar-refractivity contribution in [3.05, 3.63) is 102 Å². The number of anilines is 1.